The van der Waals surface area contributed by atoms with Gasteiger partial charge in [0.25, 0.3) is 5.91 Å². The fraction of sp³-hybridized carbons (Fsp3) is 0.273. The summed E-state index contributed by atoms with van der Waals surface area (Å²) >= 11 is 6.55. The first-order chi connectivity index (χ1) is 13.3. The van der Waals surface area contributed by atoms with Crippen LogP contribution in [0.2, 0.25) is 5.02 Å². The molecule has 2 aromatic carbocycles. The van der Waals surface area contributed by atoms with Gasteiger partial charge in [-0.2, -0.15) is 5.10 Å². The number of hydrogen-bond donors (Lipinski definition) is 1. The molecular formula is C22H22ClN3O2. The third-order valence-corrected chi connectivity index (χ3v) is 5.40. The summed E-state index contributed by atoms with van der Waals surface area (Å²) in [4.78, 5) is 15.2. The summed E-state index contributed by atoms with van der Waals surface area (Å²) in [5.41, 5.74) is 3.55. The van der Waals surface area contributed by atoms with Crippen LogP contribution >= 0.6 is 11.6 Å². The smallest absolute Gasteiger partial charge is 0.273 e. The second kappa shape index (κ2) is 6.67. The number of nitrogens with zero attached hydrogens (tertiary/aromatic N) is 2. The molecule has 0 fully saturated rings. The zero-order chi connectivity index (χ0) is 20.1. The second-order valence-electron chi connectivity index (χ2n) is 7.86. The van der Waals surface area contributed by atoms with Crippen LogP contribution < -0.4 is 4.74 Å². The molecule has 0 saturated carbocycles. The fourth-order valence-electron chi connectivity index (χ4n) is 3.80. The molecule has 5 nitrogen and oxygen atoms in total. The van der Waals surface area contributed by atoms with Crippen molar-refractivity contribution in [1.82, 2.24) is 15.1 Å². The lowest BCUT2D eigenvalue weighted by atomic mass is 9.93. The number of hydrogen-bond acceptors (Lipinski definition) is 3. The molecule has 144 valence electrons. The van der Waals surface area contributed by atoms with Gasteiger partial charge in [0.15, 0.2) is 0 Å². The number of benzene rings is 2. The molecule has 1 atom stereocenters. The second-order valence-corrected chi connectivity index (χ2v) is 8.27. The molecule has 1 aromatic heterocycles. The van der Waals surface area contributed by atoms with Gasteiger partial charge in [0.1, 0.15) is 11.4 Å². The van der Waals surface area contributed by atoms with Gasteiger partial charge in [0.05, 0.1) is 18.8 Å². The Morgan fingerprint density at radius 2 is 1.79 bits per heavy atom. The maximum atomic E-state index is 13.3. The van der Waals surface area contributed by atoms with Crippen molar-refractivity contribution < 1.29 is 9.53 Å². The number of methoxy groups -OCH3 is 1. The Labute approximate surface area is 169 Å². The fourth-order valence-corrected chi connectivity index (χ4v) is 4.04. The average Bonchev–Trinajstić information content (AvgIpc) is 3.21. The lowest BCUT2D eigenvalue weighted by Gasteiger charge is -2.38. The highest BCUT2D eigenvalue weighted by Crippen LogP contribution is 2.47. The predicted octanol–water partition coefficient (Wildman–Crippen LogP) is 5.08. The lowest BCUT2D eigenvalue weighted by molar-refractivity contribution is 0.0546. The van der Waals surface area contributed by atoms with E-state index >= 15 is 0 Å². The minimum absolute atomic E-state index is 0.0697. The highest BCUT2D eigenvalue weighted by atomic mass is 35.5. The van der Waals surface area contributed by atoms with Gasteiger partial charge < -0.3 is 9.64 Å². The summed E-state index contributed by atoms with van der Waals surface area (Å²) in [5.74, 6) is 0.700. The highest BCUT2D eigenvalue weighted by molar-refractivity contribution is 6.31. The number of aromatic nitrogens is 2. The van der Waals surface area contributed by atoms with E-state index in [0.29, 0.717) is 10.7 Å². The van der Waals surface area contributed by atoms with Gasteiger partial charge in [-0.1, -0.05) is 29.8 Å². The van der Waals surface area contributed by atoms with E-state index in [4.69, 9.17) is 16.3 Å². The van der Waals surface area contributed by atoms with E-state index in [1.165, 1.54) is 0 Å². The molecule has 1 amide bonds. The van der Waals surface area contributed by atoms with Crippen LogP contribution in [0.25, 0.3) is 11.3 Å². The normalized spacial score (nSPS) is 16.4. The van der Waals surface area contributed by atoms with Crippen LogP contribution in [-0.2, 0) is 0 Å². The number of halogens is 1. The Kier molecular flexibility index (Phi) is 4.42. The van der Waals surface area contributed by atoms with Crippen molar-refractivity contribution in [3.63, 3.8) is 0 Å². The molecule has 0 saturated heterocycles. The van der Waals surface area contributed by atoms with E-state index < -0.39 is 5.54 Å². The number of nitrogens with one attached hydrogen (secondary N) is 1. The number of rotatable bonds is 3. The van der Waals surface area contributed by atoms with Gasteiger partial charge in [0.2, 0.25) is 0 Å². The number of fused-ring (bicyclic) bond motifs is 1. The van der Waals surface area contributed by atoms with Crippen molar-refractivity contribution in [3.05, 3.63) is 70.4 Å². The van der Waals surface area contributed by atoms with E-state index in [0.717, 1.165) is 28.1 Å². The molecule has 1 aliphatic heterocycles. The molecule has 0 spiro atoms. The molecule has 6 heteroatoms. The largest absolute Gasteiger partial charge is 0.497 e. The first-order valence-electron chi connectivity index (χ1n) is 9.13. The van der Waals surface area contributed by atoms with E-state index in [-0.39, 0.29) is 11.9 Å². The van der Waals surface area contributed by atoms with Crippen LogP contribution in [0.15, 0.2) is 48.5 Å². The van der Waals surface area contributed by atoms with Crippen LogP contribution in [0, 0.1) is 0 Å². The van der Waals surface area contributed by atoms with Crippen LogP contribution in [0.1, 0.15) is 48.4 Å². The highest BCUT2D eigenvalue weighted by Gasteiger charge is 2.47. The summed E-state index contributed by atoms with van der Waals surface area (Å²) in [5, 5.41) is 8.08. The Balaban J connectivity index is 1.93. The number of aromatic amines is 1. The van der Waals surface area contributed by atoms with Gasteiger partial charge >= 0.3 is 0 Å². The van der Waals surface area contributed by atoms with E-state index in [2.05, 4.69) is 10.2 Å². The summed E-state index contributed by atoms with van der Waals surface area (Å²) < 4.78 is 5.26. The standard InChI is InChI=1S/C22H22ClN3O2/c1-22(2,3)26-20(15-7-5-6-8-16(15)23)17-18(24-25-19(17)21(26)27)13-9-11-14(28-4)12-10-13/h5-12,20H,1-4H3,(H,24,25). The number of H-pyrrole nitrogens is 1. The summed E-state index contributed by atoms with van der Waals surface area (Å²) in [6.07, 6.45) is 0. The third kappa shape index (κ3) is 2.87. The zero-order valence-corrected chi connectivity index (χ0v) is 17.0. The monoisotopic (exact) mass is 395 g/mol. The summed E-state index contributed by atoms with van der Waals surface area (Å²) in [7, 11) is 1.63. The van der Waals surface area contributed by atoms with Crippen LogP contribution in [0.4, 0.5) is 0 Å². The van der Waals surface area contributed by atoms with Crippen molar-refractivity contribution >= 4 is 17.5 Å². The van der Waals surface area contributed by atoms with Crippen molar-refractivity contribution in [1.29, 1.82) is 0 Å². The molecule has 0 bridgehead atoms. The van der Waals surface area contributed by atoms with Gasteiger partial charge in [-0.25, -0.2) is 0 Å². The molecule has 0 radical (unpaired) electrons. The molecule has 0 aliphatic carbocycles. The maximum absolute atomic E-state index is 13.3. The molecule has 1 aliphatic rings. The SMILES string of the molecule is COc1ccc(-c2n[nH]c3c2C(c2ccccc2Cl)N(C(C)(C)C)C3=O)cc1. The lowest BCUT2D eigenvalue weighted by Crippen LogP contribution is -2.44. The number of carbonyl (C=O) groups is 1. The predicted molar refractivity (Wildman–Crippen MR) is 110 cm³/mol. The van der Waals surface area contributed by atoms with Crippen LogP contribution in [-0.4, -0.2) is 33.7 Å². The molecule has 4 rings (SSSR count). The Morgan fingerprint density at radius 1 is 1.11 bits per heavy atom. The van der Waals surface area contributed by atoms with Gasteiger partial charge in [-0.3, -0.25) is 9.89 Å². The Hall–Kier alpha value is -2.79. The average molecular weight is 396 g/mol. The first-order valence-corrected chi connectivity index (χ1v) is 9.51. The molecular weight excluding hydrogens is 374 g/mol. The van der Waals surface area contributed by atoms with Crippen molar-refractivity contribution in [2.24, 2.45) is 0 Å². The topological polar surface area (TPSA) is 58.2 Å². The minimum Gasteiger partial charge on any atom is -0.497 e. The number of amides is 1. The van der Waals surface area contributed by atoms with Gasteiger partial charge in [0, 0.05) is 21.7 Å². The van der Waals surface area contributed by atoms with Crippen molar-refractivity contribution in [3.8, 4) is 17.0 Å². The minimum atomic E-state index is -0.391. The number of carbonyl (C=O) groups excluding carboxylic acids is 1. The molecule has 28 heavy (non-hydrogen) atoms. The van der Waals surface area contributed by atoms with E-state index in [9.17, 15) is 4.79 Å². The van der Waals surface area contributed by atoms with E-state index in [1.807, 2.05) is 74.2 Å². The maximum Gasteiger partial charge on any atom is 0.273 e. The van der Waals surface area contributed by atoms with Gasteiger partial charge in [-0.05, 0) is 56.7 Å². The summed E-state index contributed by atoms with van der Waals surface area (Å²) in [6, 6.07) is 15.0. The quantitative estimate of drug-likeness (QED) is 0.672. The van der Waals surface area contributed by atoms with Crippen LogP contribution in [0.5, 0.6) is 5.75 Å². The Bertz CT molecular complexity index is 1030. The zero-order valence-electron chi connectivity index (χ0n) is 16.3. The van der Waals surface area contributed by atoms with Crippen molar-refractivity contribution in [2.45, 2.75) is 32.4 Å². The first kappa shape index (κ1) is 18.6. The molecule has 3 aromatic rings. The third-order valence-electron chi connectivity index (χ3n) is 5.05. The van der Waals surface area contributed by atoms with Crippen LogP contribution in [0.3, 0.4) is 0 Å². The Morgan fingerprint density at radius 3 is 2.39 bits per heavy atom. The number of ether oxygens (including phenoxy) is 1. The van der Waals surface area contributed by atoms with Gasteiger partial charge in [-0.15, -0.1) is 0 Å². The molecule has 2 heterocycles. The van der Waals surface area contributed by atoms with E-state index in [1.54, 1.807) is 7.11 Å². The summed E-state index contributed by atoms with van der Waals surface area (Å²) in [6.45, 7) is 6.09. The van der Waals surface area contributed by atoms with Crippen molar-refractivity contribution in [2.75, 3.05) is 7.11 Å². The molecule has 1 unspecified atom stereocenters. The molecule has 1 N–H and O–H groups in total.